The van der Waals surface area contributed by atoms with E-state index in [1.54, 1.807) is 6.20 Å². The number of aryl methyl sites for hydroxylation is 1. The fourth-order valence-corrected chi connectivity index (χ4v) is 3.84. The van der Waals surface area contributed by atoms with Gasteiger partial charge in [-0.25, -0.2) is 0 Å². The molecule has 1 fully saturated rings. The number of carbonyl (C=O) groups is 2. The number of nitrogens with one attached hydrogen (secondary N) is 2. The molecule has 7 heteroatoms. The van der Waals surface area contributed by atoms with E-state index in [9.17, 15) is 14.7 Å². The molecule has 3 rings (SSSR count). The summed E-state index contributed by atoms with van der Waals surface area (Å²) in [5, 5.41) is 19.8. The minimum atomic E-state index is -0.379. The first kappa shape index (κ1) is 21.0. The second kappa shape index (κ2) is 10.8. The minimum absolute atomic E-state index is 0.0168. The van der Waals surface area contributed by atoms with E-state index in [0.717, 1.165) is 44.2 Å². The van der Waals surface area contributed by atoms with Gasteiger partial charge in [0.2, 0.25) is 11.8 Å². The second-order valence-electron chi connectivity index (χ2n) is 7.64. The molecule has 0 spiro atoms. The fraction of sp³-hybridized carbons (Fsp3) is 0.500. The van der Waals surface area contributed by atoms with Gasteiger partial charge in [-0.15, -0.1) is 0 Å². The molecule has 1 aromatic carbocycles. The molecule has 0 unspecified atom stereocenters. The molecular weight excluding hydrogens is 368 g/mol. The Labute approximate surface area is 171 Å². The number of hydrogen-bond donors (Lipinski definition) is 3. The quantitative estimate of drug-likeness (QED) is 0.603. The summed E-state index contributed by atoms with van der Waals surface area (Å²) in [6.45, 7) is 0.612. The van der Waals surface area contributed by atoms with Crippen LogP contribution in [0, 0.1) is 5.92 Å². The van der Waals surface area contributed by atoms with Crippen molar-refractivity contribution in [3.05, 3.63) is 54.4 Å². The first-order chi connectivity index (χ1) is 14.2. The van der Waals surface area contributed by atoms with Crippen molar-refractivity contribution in [3.8, 4) is 0 Å². The zero-order chi connectivity index (χ0) is 20.5. The van der Waals surface area contributed by atoms with E-state index in [-0.39, 0.29) is 36.4 Å². The maximum Gasteiger partial charge on any atom is 0.223 e. The van der Waals surface area contributed by atoms with E-state index in [0.29, 0.717) is 6.42 Å². The van der Waals surface area contributed by atoms with Gasteiger partial charge in [0.05, 0.1) is 12.6 Å². The summed E-state index contributed by atoms with van der Waals surface area (Å²) in [6.07, 6.45) is 7.97. The van der Waals surface area contributed by atoms with Crippen LogP contribution in [-0.2, 0) is 16.1 Å². The van der Waals surface area contributed by atoms with Crippen LogP contribution in [-0.4, -0.2) is 39.4 Å². The van der Waals surface area contributed by atoms with Gasteiger partial charge in [0, 0.05) is 37.3 Å². The van der Waals surface area contributed by atoms with Gasteiger partial charge >= 0.3 is 0 Å². The van der Waals surface area contributed by atoms with Gasteiger partial charge in [-0.05, 0) is 43.7 Å². The molecule has 2 amide bonds. The molecule has 3 N–H and O–H groups in total. The zero-order valence-corrected chi connectivity index (χ0v) is 16.7. The zero-order valence-electron chi connectivity index (χ0n) is 16.7. The highest BCUT2D eigenvalue weighted by Crippen LogP contribution is 2.25. The van der Waals surface area contributed by atoms with Gasteiger partial charge in [-0.2, -0.15) is 5.10 Å². The average Bonchev–Trinajstić information content (AvgIpc) is 3.26. The smallest absolute Gasteiger partial charge is 0.223 e. The summed E-state index contributed by atoms with van der Waals surface area (Å²) >= 11 is 0. The summed E-state index contributed by atoms with van der Waals surface area (Å²) in [5.41, 5.74) is 0.902. The fourth-order valence-electron chi connectivity index (χ4n) is 3.84. The Morgan fingerprint density at radius 1 is 1.14 bits per heavy atom. The van der Waals surface area contributed by atoms with Gasteiger partial charge < -0.3 is 15.7 Å². The third kappa shape index (κ3) is 6.42. The standard InChI is InChI=1S/C22H30N4O3/c27-16-20(17-6-2-1-3-7-17)25-22(29)18-9-11-19(12-10-18)24-21(28)8-4-14-26-15-5-13-23-26/h1-3,5-7,13,15,18-20,27H,4,8-12,14,16H2,(H,24,28)(H,25,29)/t18?,19?,20-/m0/s1. The SMILES string of the molecule is O=C(CCCn1cccn1)NC1CCC(C(=O)N[C@@H](CO)c2ccccc2)CC1. The molecule has 29 heavy (non-hydrogen) atoms. The number of nitrogens with zero attached hydrogens (tertiary/aromatic N) is 2. The van der Waals surface area contributed by atoms with Crippen LogP contribution in [0.5, 0.6) is 0 Å². The molecular formula is C22H30N4O3. The van der Waals surface area contributed by atoms with Crippen LogP contribution in [0.4, 0.5) is 0 Å². The number of aromatic nitrogens is 2. The largest absolute Gasteiger partial charge is 0.394 e. The lowest BCUT2D eigenvalue weighted by Gasteiger charge is -2.29. The lowest BCUT2D eigenvalue weighted by atomic mass is 9.85. The number of benzene rings is 1. The molecule has 2 aromatic rings. The molecule has 1 saturated carbocycles. The average molecular weight is 399 g/mol. The van der Waals surface area contributed by atoms with Crippen LogP contribution in [0.1, 0.15) is 50.1 Å². The van der Waals surface area contributed by atoms with Gasteiger partial charge in [-0.3, -0.25) is 14.3 Å². The highest BCUT2D eigenvalue weighted by Gasteiger charge is 2.28. The van der Waals surface area contributed by atoms with Gasteiger partial charge in [0.15, 0.2) is 0 Å². The van der Waals surface area contributed by atoms with E-state index < -0.39 is 0 Å². The molecule has 1 heterocycles. The van der Waals surface area contributed by atoms with Crippen molar-refractivity contribution in [1.29, 1.82) is 0 Å². The minimum Gasteiger partial charge on any atom is -0.394 e. The van der Waals surface area contributed by atoms with Crippen LogP contribution >= 0.6 is 0 Å². The summed E-state index contributed by atoms with van der Waals surface area (Å²) in [4.78, 5) is 24.8. The van der Waals surface area contributed by atoms with Gasteiger partial charge in [-0.1, -0.05) is 30.3 Å². The molecule has 156 valence electrons. The number of rotatable bonds is 9. The lowest BCUT2D eigenvalue weighted by Crippen LogP contribution is -2.42. The van der Waals surface area contributed by atoms with Crippen molar-refractivity contribution in [1.82, 2.24) is 20.4 Å². The molecule has 1 atom stereocenters. The number of aliphatic hydroxyl groups excluding tert-OH is 1. The number of carbonyl (C=O) groups excluding carboxylic acids is 2. The highest BCUT2D eigenvalue weighted by atomic mass is 16.3. The Morgan fingerprint density at radius 2 is 1.90 bits per heavy atom. The Hall–Kier alpha value is -2.67. The van der Waals surface area contributed by atoms with Crippen LogP contribution < -0.4 is 10.6 Å². The summed E-state index contributed by atoms with van der Waals surface area (Å²) < 4.78 is 1.83. The predicted octanol–water partition coefficient (Wildman–Crippen LogP) is 2.19. The molecule has 0 aliphatic heterocycles. The van der Waals surface area contributed by atoms with E-state index in [2.05, 4.69) is 15.7 Å². The maximum absolute atomic E-state index is 12.6. The van der Waals surface area contributed by atoms with Crippen LogP contribution in [0.25, 0.3) is 0 Å². The molecule has 0 radical (unpaired) electrons. The van der Waals surface area contributed by atoms with Crippen molar-refractivity contribution in [2.24, 2.45) is 5.92 Å². The second-order valence-corrected chi connectivity index (χ2v) is 7.64. The predicted molar refractivity (Wildman–Crippen MR) is 110 cm³/mol. The molecule has 0 saturated heterocycles. The topological polar surface area (TPSA) is 96.2 Å². The number of hydrogen-bond acceptors (Lipinski definition) is 4. The third-order valence-corrected chi connectivity index (χ3v) is 5.51. The Balaban J connectivity index is 1.37. The molecule has 1 aromatic heterocycles. The monoisotopic (exact) mass is 398 g/mol. The Bertz CT molecular complexity index is 756. The van der Waals surface area contributed by atoms with E-state index in [4.69, 9.17) is 0 Å². The Kier molecular flexibility index (Phi) is 7.81. The first-order valence-electron chi connectivity index (χ1n) is 10.4. The number of amides is 2. The van der Waals surface area contributed by atoms with Gasteiger partial charge in [0.25, 0.3) is 0 Å². The van der Waals surface area contributed by atoms with Crippen LogP contribution in [0.15, 0.2) is 48.8 Å². The van der Waals surface area contributed by atoms with E-state index in [1.807, 2.05) is 47.3 Å². The third-order valence-electron chi connectivity index (χ3n) is 5.51. The molecule has 1 aliphatic rings. The van der Waals surface area contributed by atoms with Crippen molar-refractivity contribution in [2.45, 2.75) is 57.2 Å². The first-order valence-corrected chi connectivity index (χ1v) is 10.4. The van der Waals surface area contributed by atoms with Crippen LogP contribution in [0.2, 0.25) is 0 Å². The van der Waals surface area contributed by atoms with Crippen molar-refractivity contribution >= 4 is 11.8 Å². The van der Waals surface area contributed by atoms with E-state index >= 15 is 0 Å². The highest BCUT2D eigenvalue weighted by molar-refractivity contribution is 5.79. The number of aliphatic hydroxyl groups is 1. The summed E-state index contributed by atoms with van der Waals surface area (Å²) in [5.74, 6) is -0.0212. The Morgan fingerprint density at radius 3 is 2.55 bits per heavy atom. The van der Waals surface area contributed by atoms with Crippen molar-refractivity contribution < 1.29 is 14.7 Å². The van der Waals surface area contributed by atoms with Crippen molar-refractivity contribution in [2.75, 3.05) is 6.61 Å². The maximum atomic E-state index is 12.6. The molecule has 7 nitrogen and oxygen atoms in total. The summed E-state index contributed by atoms with van der Waals surface area (Å²) in [6, 6.07) is 11.1. The molecule has 1 aliphatic carbocycles. The van der Waals surface area contributed by atoms with E-state index in [1.165, 1.54) is 0 Å². The van der Waals surface area contributed by atoms with Gasteiger partial charge in [0.1, 0.15) is 0 Å². The molecule has 0 bridgehead atoms. The normalized spacial score (nSPS) is 20.0. The van der Waals surface area contributed by atoms with Crippen LogP contribution in [0.3, 0.4) is 0 Å². The van der Waals surface area contributed by atoms with Crippen molar-refractivity contribution in [3.63, 3.8) is 0 Å². The lowest BCUT2D eigenvalue weighted by molar-refractivity contribution is -0.127. The summed E-state index contributed by atoms with van der Waals surface area (Å²) in [7, 11) is 0.